The summed E-state index contributed by atoms with van der Waals surface area (Å²) >= 11 is 0. The molecule has 1 aromatic rings. The van der Waals surface area contributed by atoms with Gasteiger partial charge in [-0.1, -0.05) is 0 Å². The summed E-state index contributed by atoms with van der Waals surface area (Å²) in [5, 5.41) is 0. The average molecular weight is 260 g/mol. The number of anilines is 1. The van der Waals surface area contributed by atoms with Crippen molar-refractivity contribution in [3.63, 3.8) is 0 Å². The average Bonchev–Trinajstić information content (AvgIpc) is 2.86. The molecule has 1 saturated heterocycles. The highest BCUT2D eigenvalue weighted by Crippen LogP contribution is 2.29. The predicted octanol–water partition coefficient (Wildman–Crippen LogP) is 1.89. The van der Waals surface area contributed by atoms with Gasteiger partial charge in [-0.15, -0.1) is 0 Å². The van der Waals surface area contributed by atoms with Crippen LogP contribution >= 0.6 is 0 Å². The minimum absolute atomic E-state index is 0.277. The van der Waals surface area contributed by atoms with Crippen molar-refractivity contribution in [1.82, 2.24) is 14.9 Å². The van der Waals surface area contributed by atoms with Crippen LogP contribution in [0.5, 0.6) is 0 Å². The van der Waals surface area contributed by atoms with Gasteiger partial charge in [0.2, 0.25) is 0 Å². The van der Waals surface area contributed by atoms with Crippen LogP contribution in [0.4, 0.5) is 5.82 Å². The summed E-state index contributed by atoms with van der Waals surface area (Å²) in [5.74, 6) is 1.20. The van der Waals surface area contributed by atoms with Gasteiger partial charge in [-0.25, -0.2) is 9.97 Å². The van der Waals surface area contributed by atoms with Crippen molar-refractivity contribution in [1.29, 1.82) is 0 Å². The fourth-order valence-corrected chi connectivity index (χ4v) is 3.20. The largest absolute Gasteiger partial charge is 0.354 e. The van der Waals surface area contributed by atoms with Crippen LogP contribution in [0.25, 0.3) is 0 Å². The number of hydrogen-bond donors (Lipinski definition) is 0. The van der Waals surface area contributed by atoms with Gasteiger partial charge in [-0.3, -0.25) is 4.90 Å². The molecule has 1 aliphatic heterocycles. The van der Waals surface area contributed by atoms with Crippen molar-refractivity contribution < 1.29 is 0 Å². The first kappa shape index (κ1) is 12.9. The second-order valence-corrected chi connectivity index (χ2v) is 6.62. The van der Waals surface area contributed by atoms with Crippen molar-refractivity contribution in [2.45, 2.75) is 45.6 Å². The van der Waals surface area contributed by atoms with E-state index in [0.717, 1.165) is 39.0 Å². The predicted molar refractivity (Wildman–Crippen MR) is 77.6 cm³/mol. The van der Waals surface area contributed by atoms with E-state index in [4.69, 9.17) is 0 Å². The molecule has 0 aromatic carbocycles. The second-order valence-electron chi connectivity index (χ2n) is 6.62. The van der Waals surface area contributed by atoms with Crippen LogP contribution in [-0.2, 0) is 12.8 Å². The summed E-state index contributed by atoms with van der Waals surface area (Å²) in [6.45, 7) is 11.3. The lowest BCUT2D eigenvalue weighted by Gasteiger charge is -2.42. The molecule has 4 nitrogen and oxygen atoms in total. The number of hydrogen-bond acceptors (Lipinski definition) is 4. The topological polar surface area (TPSA) is 32.3 Å². The van der Waals surface area contributed by atoms with Crippen molar-refractivity contribution in [2.75, 3.05) is 31.1 Å². The standard InChI is InChI=1S/C15H24N4/c1-15(2,3)19-9-7-18(8-10-19)14-12-5-4-6-13(12)16-11-17-14/h11H,4-10H2,1-3H3. The zero-order valence-corrected chi connectivity index (χ0v) is 12.3. The lowest BCUT2D eigenvalue weighted by molar-refractivity contribution is 0.128. The van der Waals surface area contributed by atoms with E-state index in [1.807, 2.05) is 0 Å². The van der Waals surface area contributed by atoms with Gasteiger partial charge in [-0.2, -0.15) is 0 Å². The highest BCUT2D eigenvalue weighted by molar-refractivity contribution is 5.50. The molecule has 2 aliphatic rings. The Bertz CT molecular complexity index is 456. The van der Waals surface area contributed by atoms with Gasteiger partial charge in [0.25, 0.3) is 0 Å². The van der Waals surface area contributed by atoms with Crippen LogP contribution in [-0.4, -0.2) is 46.6 Å². The molecule has 2 heterocycles. The van der Waals surface area contributed by atoms with E-state index in [1.165, 1.54) is 23.5 Å². The lowest BCUT2D eigenvalue weighted by atomic mass is 10.0. The Morgan fingerprint density at radius 3 is 2.42 bits per heavy atom. The Kier molecular flexibility index (Phi) is 3.21. The van der Waals surface area contributed by atoms with Gasteiger partial charge in [0.15, 0.2) is 0 Å². The molecule has 0 spiro atoms. The molecule has 0 N–H and O–H groups in total. The summed E-state index contributed by atoms with van der Waals surface area (Å²) in [6, 6.07) is 0. The smallest absolute Gasteiger partial charge is 0.135 e. The third-order valence-electron chi connectivity index (χ3n) is 4.38. The highest BCUT2D eigenvalue weighted by atomic mass is 15.3. The number of nitrogens with zero attached hydrogens (tertiary/aromatic N) is 4. The molecule has 19 heavy (non-hydrogen) atoms. The van der Waals surface area contributed by atoms with Crippen LogP contribution in [0.2, 0.25) is 0 Å². The summed E-state index contributed by atoms with van der Waals surface area (Å²) in [6.07, 6.45) is 5.27. The minimum atomic E-state index is 0.277. The monoisotopic (exact) mass is 260 g/mol. The second kappa shape index (κ2) is 4.75. The Balaban J connectivity index is 1.74. The molecular weight excluding hydrogens is 236 g/mol. The normalized spacial score (nSPS) is 20.7. The number of fused-ring (bicyclic) bond motifs is 1. The third-order valence-corrected chi connectivity index (χ3v) is 4.38. The molecule has 0 bridgehead atoms. The van der Waals surface area contributed by atoms with Crippen molar-refractivity contribution in [2.24, 2.45) is 0 Å². The van der Waals surface area contributed by atoms with Crippen LogP contribution in [0.3, 0.4) is 0 Å². The summed E-state index contributed by atoms with van der Waals surface area (Å²) in [4.78, 5) is 14.0. The van der Waals surface area contributed by atoms with E-state index >= 15 is 0 Å². The van der Waals surface area contributed by atoms with E-state index in [0.29, 0.717) is 0 Å². The molecule has 3 rings (SSSR count). The van der Waals surface area contributed by atoms with E-state index in [1.54, 1.807) is 6.33 Å². The van der Waals surface area contributed by atoms with E-state index in [2.05, 4.69) is 40.5 Å². The molecule has 104 valence electrons. The first-order valence-electron chi connectivity index (χ1n) is 7.38. The summed E-state index contributed by atoms with van der Waals surface area (Å²) in [7, 11) is 0. The SMILES string of the molecule is CC(C)(C)N1CCN(c2ncnc3c2CCC3)CC1. The zero-order chi connectivity index (χ0) is 13.5. The van der Waals surface area contributed by atoms with Gasteiger partial charge in [-0.05, 0) is 40.0 Å². The van der Waals surface area contributed by atoms with E-state index in [-0.39, 0.29) is 5.54 Å². The molecule has 0 amide bonds. The van der Waals surface area contributed by atoms with Gasteiger partial charge in [0.05, 0.1) is 0 Å². The van der Waals surface area contributed by atoms with Crippen LogP contribution in [0.1, 0.15) is 38.4 Å². The number of rotatable bonds is 1. The Hall–Kier alpha value is -1.16. The molecule has 4 heteroatoms. The summed E-state index contributed by atoms with van der Waals surface area (Å²) < 4.78 is 0. The Morgan fingerprint density at radius 1 is 1.00 bits per heavy atom. The highest BCUT2D eigenvalue weighted by Gasteiger charge is 2.28. The number of aryl methyl sites for hydroxylation is 1. The van der Waals surface area contributed by atoms with Crippen LogP contribution in [0, 0.1) is 0 Å². The van der Waals surface area contributed by atoms with E-state index < -0.39 is 0 Å². The molecule has 1 aliphatic carbocycles. The maximum atomic E-state index is 4.56. The Morgan fingerprint density at radius 2 is 1.74 bits per heavy atom. The fraction of sp³-hybridized carbons (Fsp3) is 0.733. The Labute approximate surface area is 115 Å². The zero-order valence-electron chi connectivity index (χ0n) is 12.3. The van der Waals surface area contributed by atoms with Crippen molar-refractivity contribution in [3.05, 3.63) is 17.6 Å². The molecule has 0 unspecified atom stereocenters. The van der Waals surface area contributed by atoms with Crippen molar-refractivity contribution >= 4 is 5.82 Å². The maximum absolute atomic E-state index is 4.56. The molecule has 0 radical (unpaired) electrons. The van der Waals surface area contributed by atoms with Gasteiger partial charge >= 0.3 is 0 Å². The fourth-order valence-electron chi connectivity index (χ4n) is 3.20. The maximum Gasteiger partial charge on any atom is 0.135 e. The summed E-state index contributed by atoms with van der Waals surface area (Å²) in [5.41, 5.74) is 2.97. The van der Waals surface area contributed by atoms with Gasteiger partial charge < -0.3 is 4.90 Å². The lowest BCUT2D eigenvalue weighted by Crippen LogP contribution is -2.53. The van der Waals surface area contributed by atoms with Gasteiger partial charge in [0, 0.05) is 43.0 Å². The first-order valence-corrected chi connectivity index (χ1v) is 7.38. The molecule has 0 atom stereocenters. The van der Waals surface area contributed by atoms with Gasteiger partial charge in [0.1, 0.15) is 12.1 Å². The number of piperazine rings is 1. The van der Waals surface area contributed by atoms with Crippen LogP contribution in [0.15, 0.2) is 6.33 Å². The molecular formula is C15H24N4. The molecule has 1 fully saturated rings. The first-order chi connectivity index (χ1) is 9.05. The number of aromatic nitrogens is 2. The molecule has 0 saturated carbocycles. The third kappa shape index (κ3) is 2.46. The quantitative estimate of drug-likeness (QED) is 0.772. The van der Waals surface area contributed by atoms with E-state index in [9.17, 15) is 0 Å². The van der Waals surface area contributed by atoms with Crippen molar-refractivity contribution in [3.8, 4) is 0 Å². The minimum Gasteiger partial charge on any atom is -0.354 e. The molecule has 1 aromatic heterocycles. The van der Waals surface area contributed by atoms with Crippen LogP contribution < -0.4 is 4.90 Å².